The number of terminal acetylenes is 1. The molecule has 8 nitrogen and oxygen atoms in total. The van der Waals surface area contributed by atoms with Gasteiger partial charge in [-0.1, -0.05) is 0 Å². The summed E-state index contributed by atoms with van der Waals surface area (Å²) in [5, 5.41) is 8.91. The van der Waals surface area contributed by atoms with E-state index in [1.54, 1.807) is 0 Å². The SMILES string of the molecule is C#CCC(NS(=O)(=O)N1CCC(C(=O)OC)CC1)C(=O)O. The number of nitrogens with one attached hydrogen (secondary N) is 1. The summed E-state index contributed by atoms with van der Waals surface area (Å²) in [5.74, 6) is 0.0882. The number of carbonyl (C=O) groups is 2. The fourth-order valence-electron chi connectivity index (χ4n) is 2.05. The van der Waals surface area contributed by atoms with E-state index < -0.39 is 22.2 Å². The second kappa shape index (κ2) is 7.40. The molecule has 0 saturated carbocycles. The van der Waals surface area contributed by atoms with E-state index in [9.17, 15) is 18.0 Å². The number of methoxy groups -OCH3 is 1. The zero-order valence-electron chi connectivity index (χ0n) is 11.6. The number of carboxylic acid groups (broad SMARTS) is 1. The molecule has 0 bridgehead atoms. The molecule has 1 heterocycles. The summed E-state index contributed by atoms with van der Waals surface area (Å²) in [5.41, 5.74) is 0. The minimum atomic E-state index is -3.95. The lowest BCUT2D eigenvalue weighted by molar-refractivity contribution is -0.146. The molecule has 1 aliphatic heterocycles. The molecule has 1 aliphatic rings. The molecular weight excluding hydrogens is 300 g/mol. The molecule has 1 rings (SSSR count). The van der Waals surface area contributed by atoms with Gasteiger partial charge in [0.2, 0.25) is 0 Å². The van der Waals surface area contributed by atoms with Crippen LogP contribution in [0.5, 0.6) is 0 Å². The number of hydrogen-bond donors (Lipinski definition) is 2. The highest BCUT2D eigenvalue weighted by Gasteiger charge is 2.33. The quantitative estimate of drug-likeness (QED) is 0.489. The lowest BCUT2D eigenvalue weighted by Crippen LogP contribution is -2.50. The summed E-state index contributed by atoms with van der Waals surface area (Å²) in [6, 6.07) is -1.36. The van der Waals surface area contributed by atoms with Crippen molar-refractivity contribution in [2.24, 2.45) is 5.92 Å². The Balaban J connectivity index is 2.67. The van der Waals surface area contributed by atoms with E-state index in [0.29, 0.717) is 12.8 Å². The first-order chi connectivity index (χ1) is 9.81. The van der Waals surface area contributed by atoms with E-state index in [4.69, 9.17) is 11.5 Å². The van der Waals surface area contributed by atoms with Crippen LogP contribution < -0.4 is 4.72 Å². The summed E-state index contributed by atoms with van der Waals surface area (Å²) in [7, 11) is -2.67. The summed E-state index contributed by atoms with van der Waals surface area (Å²) < 4.78 is 32.0. The van der Waals surface area contributed by atoms with Crippen molar-refractivity contribution in [3.8, 4) is 12.3 Å². The molecule has 2 N–H and O–H groups in total. The number of nitrogens with zero attached hydrogens (tertiary/aromatic N) is 1. The topological polar surface area (TPSA) is 113 Å². The third-order valence-corrected chi connectivity index (χ3v) is 4.87. The van der Waals surface area contributed by atoms with Crippen LogP contribution in [0.4, 0.5) is 0 Å². The molecule has 0 aromatic carbocycles. The fourth-order valence-corrected chi connectivity index (χ4v) is 3.43. The molecule has 0 amide bonds. The van der Waals surface area contributed by atoms with Crippen molar-refractivity contribution >= 4 is 22.1 Å². The normalized spacial score (nSPS) is 18.7. The Kier molecular flexibility index (Phi) is 6.14. The summed E-state index contributed by atoms with van der Waals surface area (Å²) >= 11 is 0. The molecular formula is C12H18N2O6S. The Hall–Kier alpha value is -1.63. The number of carboxylic acids is 1. The highest BCUT2D eigenvalue weighted by Crippen LogP contribution is 2.20. The molecule has 9 heteroatoms. The minimum absolute atomic E-state index is 0.123. The molecule has 1 atom stereocenters. The van der Waals surface area contributed by atoms with E-state index in [1.165, 1.54) is 7.11 Å². The number of carbonyl (C=O) groups excluding carboxylic acids is 1. The summed E-state index contributed by atoms with van der Waals surface area (Å²) in [6.45, 7) is 0.245. The first kappa shape index (κ1) is 17.4. The second-order valence-corrected chi connectivity index (χ2v) is 6.32. The Morgan fingerprint density at radius 2 is 2.05 bits per heavy atom. The van der Waals surface area contributed by atoms with Gasteiger partial charge in [0.1, 0.15) is 6.04 Å². The maximum absolute atomic E-state index is 12.1. The molecule has 118 valence electrons. The first-order valence-corrected chi connectivity index (χ1v) is 7.77. The van der Waals surface area contributed by atoms with E-state index >= 15 is 0 Å². The van der Waals surface area contributed by atoms with Gasteiger partial charge in [0.25, 0.3) is 10.2 Å². The molecule has 0 aromatic rings. The van der Waals surface area contributed by atoms with E-state index in [2.05, 4.69) is 15.4 Å². The standard InChI is InChI=1S/C12H18N2O6S/c1-3-4-10(11(15)16)13-21(18,19)14-7-5-9(6-8-14)12(17)20-2/h1,9-10,13H,4-8H2,2H3,(H,15,16). The Bertz CT molecular complexity index is 530. The van der Waals surface area contributed by atoms with Crippen LogP contribution >= 0.6 is 0 Å². The fraction of sp³-hybridized carbons (Fsp3) is 0.667. The monoisotopic (exact) mass is 318 g/mol. The number of aliphatic carboxylic acids is 1. The highest BCUT2D eigenvalue weighted by molar-refractivity contribution is 7.87. The Morgan fingerprint density at radius 1 is 1.48 bits per heavy atom. The van der Waals surface area contributed by atoms with Gasteiger partial charge in [0.15, 0.2) is 0 Å². The minimum Gasteiger partial charge on any atom is -0.480 e. The summed E-state index contributed by atoms with van der Waals surface area (Å²) in [6.07, 6.45) is 5.44. The second-order valence-electron chi connectivity index (χ2n) is 4.62. The van der Waals surface area contributed by atoms with Gasteiger partial charge in [0, 0.05) is 19.5 Å². The van der Waals surface area contributed by atoms with Crippen LogP contribution in [0.1, 0.15) is 19.3 Å². The zero-order valence-corrected chi connectivity index (χ0v) is 12.4. The van der Waals surface area contributed by atoms with Crippen LogP contribution in [0.2, 0.25) is 0 Å². The number of esters is 1. The summed E-state index contributed by atoms with van der Waals surface area (Å²) in [4.78, 5) is 22.3. The van der Waals surface area contributed by atoms with Crippen molar-refractivity contribution in [1.82, 2.24) is 9.03 Å². The van der Waals surface area contributed by atoms with Gasteiger partial charge in [-0.05, 0) is 12.8 Å². The Morgan fingerprint density at radius 3 is 2.48 bits per heavy atom. The van der Waals surface area contributed by atoms with Crippen LogP contribution in [0.15, 0.2) is 0 Å². The van der Waals surface area contributed by atoms with Crippen molar-refractivity contribution in [3.05, 3.63) is 0 Å². The molecule has 1 unspecified atom stereocenters. The molecule has 0 radical (unpaired) electrons. The van der Waals surface area contributed by atoms with Gasteiger partial charge in [-0.2, -0.15) is 17.4 Å². The van der Waals surface area contributed by atoms with Crippen LogP contribution in [-0.4, -0.2) is 56.0 Å². The van der Waals surface area contributed by atoms with Crippen molar-refractivity contribution in [2.75, 3.05) is 20.2 Å². The zero-order chi connectivity index (χ0) is 16.0. The molecule has 1 fully saturated rings. The van der Waals surface area contributed by atoms with Gasteiger partial charge in [-0.25, -0.2) is 0 Å². The van der Waals surface area contributed by atoms with Crippen molar-refractivity contribution < 1.29 is 27.9 Å². The molecule has 1 saturated heterocycles. The van der Waals surface area contributed by atoms with Gasteiger partial charge in [-0.3, -0.25) is 9.59 Å². The average Bonchev–Trinajstić information content (AvgIpc) is 2.45. The lowest BCUT2D eigenvalue weighted by atomic mass is 9.99. The lowest BCUT2D eigenvalue weighted by Gasteiger charge is -2.30. The van der Waals surface area contributed by atoms with Crippen LogP contribution in [0, 0.1) is 18.3 Å². The predicted molar refractivity (Wildman–Crippen MR) is 73.2 cm³/mol. The van der Waals surface area contributed by atoms with E-state index in [0.717, 1.165) is 4.31 Å². The van der Waals surface area contributed by atoms with E-state index in [1.807, 2.05) is 0 Å². The maximum atomic E-state index is 12.1. The number of ether oxygens (including phenoxy) is 1. The van der Waals surface area contributed by atoms with E-state index in [-0.39, 0.29) is 31.4 Å². The number of piperidine rings is 1. The maximum Gasteiger partial charge on any atom is 0.322 e. The van der Waals surface area contributed by atoms with Crippen LogP contribution in [-0.2, 0) is 24.5 Å². The Labute approximate surface area is 123 Å². The highest BCUT2D eigenvalue weighted by atomic mass is 32.2. The largest absolute Gasteiger partial charge is 0.480 e. The number of hydrogen-bond acceptors (Lipinski definition) is 5. The number of rotatable bonds is 6. The third kappa shape index (κ3) is 4.70. The smallest absolute Gasteiger partial charge is 0.322 e. The molecule has 0 aromatic heterocycles. The molecule has 0 aliphatic carbocycles. The predicted octanol–water partition coefficient (Wildman–Crippen LogP) is -0.818. The van der Waals surface area contributed by atoms with Crippen molar-refractivity contribution in [1.29, 1.82) is 0 Å². The van der Waals surface area contributed by atoms with Gasteiger partial charge >= 0.3 is 11.9 Å². The van der Waals surface area contributed by atoms with Gasteiger partial charge in [0.05, 0.1) is 13.0 Å². The third-order valence-electron chi connectivity index (χ3n) is 3.24. The van der Waals surface area contributed by atoms with Crippen molar-refractivity contribution in [3.63, 3.8) is 0 Å². The van der Waals surface area contributed by atoms with Crippen LogP contribution in [0.25, 0.3) is 0 Å². The first-order valence-electron chi connectivity index (χ1n) is 6.33. The van der Waals surface area contributed by atoms with Crippen LogP contribution in [0.3, 0.4) is 0 Å². The average molecular weight is 318 g/mol. The van der Waals surface area contributed by atoms with Crippen molar-refractivity contribution in [2.45, 2.75) is 25.3 Å². The molecule has 0 spiro atoms. The van der Waals surface area contributed by atoms with Gasteiger partial charge < -0.3 is 9.84 Å². The van der Waals surface area contributed by atoms with Gasteiger partial charge in [-0.15, -0.1) is 12.3 Å². The molecule has 21 heavy (non-hydrogen) atoms.